The summed E-state index contributed by atoms with van der Waals surface area (Å²) in [5.74, 6) is 1.77. The van der Waals surface area contributed by atoms with Crippen molar-refractivity contribution in [1.82, 2.24) is 15.0 Å². The van der Waals surface area contributed by atoms with Gasteiger partial charge in [0.15, 0.2) is 17.5 Å². The third kappa shape index (κ3) is 5.40. The Labute approximate surface area is 327 Å². The third-order valence-corrected chi connectivity index (χ3v) is 11.8. The van der Waals surface area contributed by atoms with Gasteiger partial charge in [-0.05, 0) is 34.4 Å². The molecule has 4 nitrogen and oxygen atoms in total. The minimum absolute atomic E-state index is 0.559. The zero-order valence-electron chi connectivity index (χ0n) is 30.1. The van der Waals surface area contributed by atoms with E-state index in [2.05, 4.69) is 152 Å². The summed E-state index contributed by atoms with van der Waals surface area (Å²) >= 11 is 1.84. The maximum atomic E-state index is 7.10. The Bertz CT molecular complexity index is 3230. The molecule has 0 atom stereocenters. The lowest BCUT2D eigenvalue weighted by molar-refractivity contribution is 0.670. The van der Waals surface area contributed by atoms with Crippen molar-refractivity contribution in [2.45, 2.75) is 0 Å². The highest BCUT2D eigenvalue weighted by atomic mass is 32.1. The topological polar surface area (TPSA) is 51.8 Å². The quantitative estimate of drug-likeness (QED) is 0.171. The van der Waals surface area contributed by atoms with Gasteiger partial charge < -0.3 is 4.42 Å². The summed E-state index contributed by atoms with van der Waals surface area (Å²) in [6.45, 7) is 0. The molecule has 0 spiro atoms. The first kappa shape index (κ1) is 32.2. The van der Waals surface area contributed by atoms with E-state index in [1.165, 1.54) is 36.9 Å². The summed E-state index contributed by atoms with van der Waals surface area (Å²) in [4.78, 5) is 15.3. The van der Waals surface area contributed by atoms with Crippen molar-refractivity contribution < 1.29 is 4.42 Å². The van der Waals surface area contributed by atoms with E-state index in [4.69, 9.17) is 19.4 Å². The normalized spacial score (nSPS) is 11.6. The second kappa shape index (κ2) is 13.3. The van der Waals surface area contributed by atoms with E-state index in [9.17, 15) is 0 Å². The molecule has 0 saturated carbocycles. The molecule has 11 rings (SSSR count). The molecule has 0 bridgehead atoms. The summed E-state index contributed by atoms with van der Waals surface area (Å²) in [7, 11) is 0. The van der Waals surface area contributed by atoms with Crippen LogP contribution in [0.2, 0.25) is 0 Å². The fraction of sp³-hybridized carbons (Fsp3) is 0. The van der Waals surface area contributed by atoms with Crippen LogP contribution in [-0.2, 0) is 0 Å². The van der Waals surface area contributed by atoms with Gasteiger partial charge in [0.05, 0.1) is 5.56 Å². The fourth-order valence-electron chi connectivity index (χ4n) is 7.89. The molecule has 0 saturated heterocycles. The van der Waals surface area contributed by atoms with Crippen LogP contribution in [0.4, 0.5) is 0 Å². The van der Waals surface area contributed by atoms with Gasteiger partial charge >= 0.3 is 0 Å². The van der Waals surface area contributed by atoms with Gasteiger partial charge in [0.25, 0.3) is 0 Å². The molecule has 0 aliphatic heterocycles. The molecule has 8 aromatic carbocycles. The Kier molecular flexibility index (Phi) is 7.64. The SMILES string of the molecule is c1ccc(-c2ccc(-c3nc(-c4ccccc4)nc(-c4cccc5c4oc4c(-c6c(-c7ccccc7)ccc7c6sc6ccccc67)cccc45)n3)cc2)cc1. The zero-order chi connectivity index (χ0) is 37.0. The van der Waals surface area contributed by atoms with Crippen molar-refractivity contribution >= 4 is 53.4 Å². The predicted molar refractivity (Wildman–Crippen MR) is 233 cm³/mol. The highest BCUT2D eigenvalue weighted by molar-refractivity contribution is 7.26. The lowest BCUT2D eigenvalue weighted by atomic mass is 9.92. The van der Waals surface area contributed by atoms with Crippen LogP contribution in [0.5, 0.6) is 0 Å². The molecule has 0 amide bonds. The van der Waals surface area contributed by atoms with Crippen molar-refractivity contribution in [3.8, 4) is 67.5 Å². The monoisotopic (exact) mass is 733 g/mol. The molecule has 0 fully saturated rings. The molecule has 0 aliphatic carbocycles. The van der Waals surface area contributed by atoms with Crippen LogP contribution in [-0.4, -0.2) is 15.0 Å². The molecule has 262 valence electrons. The summed E-state index contributed by atoms with van der Waals surface area (Å²) in [5.41, 5.74) is 11.1. The summed E-state index contributed by atoms with van der Waals surface area (Å²) in [6, 6.07) is 65.5. The van der Waals surface area contributed by atoms with E-state index < -0.39 is 0 Å². The van der Waals surface area contributed by atoms with Gasteiger partial charge in [-0.25, -0.2) is 15.0 Å². The van der Waals surface area contributed by atoms with E-state index in [0.717, 1.165) is 55.3 Å². The lowest BCUT2D eigenvalue weighted by Crippen LogP contribution is -2.00. The van der Waals surface area contributed by atoms with Gasteiger partial charge in [-0.2, -0.15) is 0 Å². The van der Waals surface area contributed by atoms with E-state index in [-0.39, 0.29) is 0 Å². The first-order valence-corrected chi connectivity index (χ1v) is 19.5. The molecule has 0 unspecified atom stereocenters. The Morgan fingerprint density at radius 1 is 0.321 bits per heavy atom. The average molecular weight is 734 g/mol. The van der Waals surface area contributed by atoms with Gasteiger partial charge in [0.1, 0.15) is 11.2 Å². The van der Waals surface area contributed by atoms with Crippen molar-refractivity contribution in [2.24, 2.45) is 0 Å². The molecule has 0 N–H and O–H groups in total. The second-order valence-electron chi connectivity index (χ2n) is 13.9. The standard InChI is InChI=1S/C51H31N3OS/c1-4-14-32(15-5-1)33-26-28-36(29-27-33)50-52-49(35-18-8-3-9-19-35)53-51(54-50)43-24-13-22-40-39-21-12-23-42(46(39)55-47(40)43)45-37(34-16-6-2-7-17-34)30-31-41-38-20-10-11-25-44(38)56-48(41)45/h1-31H. The number of benzene rings is 8. The van der Waals surface area contributed by atoms with Gasteiger partial charge in [-0.3, -0.25) is 0 Å². The van der Waals surface area contributed by atoms with Crippen LogP contribution in [0.3, 0.4) is 0 Å². The highest BCUT2D eigenvalue weighted by Gasteiger charge is 2.23. The van der Waals surface area contributed by atoms with Crippen LogP contribution < -0.4 is 0 Å². The second-order valence-corrected chi connectivity index (χ2v) is 15.0. The van der Waals surface area contributed by atoms with Crippen LogP contribution >= 0.6 is 11.3 Å². The third-order valence-electron chi connectivity index (χ3n) is 10.6. The van der Waals surface area contributed by atoms with E-state index >= 15 is 0 Å². The van der Waals surface area contributed by atoms with Crippen molar-refractivity contribution in [3.63, 3.8) is 0 Å². The number of thiophene rings is 1. The predicted octanol–water partition coefficient (Wildman–Crippen LogP) is 14.1. The van der Waals surface area contributed by atoms with Crippen LogP contribution in [0.1, 0.15) is 0 Å². The number of aromatic nitrogens is 3. The zero-order valence-corrected chi connectivity index (χ0v) is 30.9. The maximum absolute atomic E-state index is 7.10. The minimum atomic E-state index is 0.559. The largest absolute Gasteiger partial charge is 0.455 e. The van der Waals surface area contributed by atoms with Crippen LogP contribution in [0.25, 0.3) is 110 Å². The lowest BCUT2D eigenvalue weighted by Gasteiger charge is -2.12. The van der Waals surface area contributed by atoms with E-state index in [1.807, 2.05) is 47.7 Å². The van der Waals surface area contributed by atoms with Gasteiger partial charge in [0, 0.05) is 53.2 Å². The Morgan fingerprint density at radius 2 is 0.821 bits per heavy atom. The fourth-order valence-corrected chi connectivity index (χ4v) is 9.16. The maximum Gasteiger partial charge on any atom is 0.167 e. The van der Waals surface area contributed by atoms with Crippen LogP contribution in [0, 0.1) is 0 Å². The average Bonchev–Trinajstić information content (AvgIpc) is 3.86. The summed E-state index contributed by atoms with van der Waals surface area (Å²) < 4.78 is 9.61. The van der Waals surface area contributed by atoms with Gasteiger partial charge in [0.2, 0.25) is 0 Å². The number of nitrogens with zero attached hydrogens (tertiary/aromatic N) is 3. The molecular weight excluding hydrogens is 703 g/mol. The molecule has 3 heterocycles. The Hall–Kier alpha value is -7.21. The Morgan fingerprint density at radius 3 is 1.52 bits per heavy atom. The highest BCUT2D eigenvalue weighted by Crippen LogP contribution is 2.48. The molecule has 5 heteroatoms. The summed E-state index contributed by atoms with van der Waals surface area (Å²) in [6.07, 6.45) is 0. The number of fused-ring (bicyclic) bond motifs is 6. The summed E-state index contributed by atoms with van der Waals surface area (Å²) in [5, 5.41) is 4.57. The Balaban J connectivity index is 1.13. The molecule has 11 aromatic rings. The van der Waals surface area contributed by atoms with Crippen molar-refractivity contribution in [1.29, 1.82) is 0 Å². The number of hydrogen-bond acceptors (Lipinski definition) is 5. The molecular formula is C51H31N3OS. The number of para-hydroxylation sites is 2. The minimum Gasteiger partial charge on any atom is -0.455 e. The van der Waals surface area contributed by atoms with Crippen LogP contribution in [0.15, 0.2) is 192 Å². The first-order valence-electron chi connectivity index (χ1n) is 18.7. The number of rotatable bonds is 6. The smallest absolute Gasteiger partial charge is 0.167 e. The van der Waals surface area contributed by atoms with Crippen molar-refractivity contribution in [3.05, 3.63) is 188 Å². The van der Waals surface area contributed by atoms with Gasteiger partial charge in [-0.1, -0.05) is 176 Å². The van der Waals surface area contributed by atoms with Crippen molar-refractivity contribution in [2.75, 3.05) is 0 Å². The molecule has 0 radical (unpaired) electrons. The molecule has 0 aliphatic rings. The van der Waals surface area contributed by atoms with E-state index in [1.54, 1.807) is 0 Å². The van der Waals surface area contributed by atoms with Gasteiger partial charge in [-0.15, -0.1) is 11.3 Å². The number of hydrogen-bond donors (Lipinski definition) is 0. The first-order chi connectivity index (χ1) is 27.8. The van der Waals surface area contributed by atoms with E-state index in [0.29, 0.717) is 17.5 Å². The molecule has 56 heavy (non-hydrogen) atoms. The molecule has 3 aromatic heterocycles. The number of furan rings is 1.